The number of sulfone groups is 1. The number of halogens is 1. The zero-order valence-electron chi connectivity index (χ0n) is 11.0. The first-order valence-electron chi connectivity index (χ1n) is 5.62. The minimum Gasteiger partial charge on any atom is -0.355 e. The van der Waals surface area contributed by atoms with Gasteiger partial charge in [-0.2, -0.15) is 0 Å². The molecule has 0 aromatic heterocycles. The van der Waals surface area contributed by atoms with Gasteiger partial charge in [-0.25, -0.2) is 8.42 Å². The van der Waals surface area contributed by atoms with Crippen molar-refractivity contribution in [1.82, 2.24) is 10.6 Å². The number of hydrogen-bond donors (Lipinski definition) is 2. The molecule has 0 fully saturated rings. The van der Waals surface area contributed by atoms with Crippen molar-refractivity contribution in [2.75, 3.05) is 25.1 Å². The van der Waals surface area contributed by atoms with Crippen molar-refractivity contribution in [2.24, 2.45) is 4.99 Å². The van der Waals surface area contributed by atoms with Gasteiger partial charge in [-0.05, 0) is 13.3 Å². The second-order valence-electron chi connectivity index (χ2n) is 3.69. The Morgan fingerprint density at radius 1 is 1.35 bits per heavy atom. The summed E-state index contributed by atoms with van der Waals surface area (Å²) in [5.41, 5.74) is 0. The van der Waals surface area contributed by atoms with Crippen molar-refractivity contribution in [3.8, 4) is 0 Å². The van der Waals surface area contributed by atoms with Crippen LogP contribution >= 0.6 is 24.0 Å². The van der Waals surface area contributed by atoms with Crippen molar-refractivity contribution in [3.63, 3.8) is 0 Å². The van der Waals surface area contributed by atoms with E-state index in [1.54, 1.807) is 14.0 Å². The van der Waals surface area contributed by atoms with E-state index in [4.69, 9.17) is 0 Å². The summed E-state index contributed by atoms with van der Waals surface area (Å²) in [4.78, 5) is 4.02. The molecule has 7 heteroatoms. The second-order valence-corrected chi connectivity index (χ2v) is 6.16. The van der Waals surface area contributed by atoms with Crippen molar-refractivity contribution in [2.45, 2.75) is 33.2 Å². The van der Waals surface area contributed by atoms with Gasteiger partial charge in [-0.1, -0.05) is 13.8 Å². The van der Waals surface area contributed by atoms with E-state index in [0.29, 0.717) is 18.5 Å². The van der Waals surface area contributed by atoms with E-state index < -0.39 is 9.84 Å². The summed E-state index contributed by atoms with van der Waals surface area (Å²) in [5, 5.41) is 6.15. The van der Waals surface area contributed by atoms with Crippen LogP contribution in [0.25, 0.3) is 0 Å². The topological polar surface area (TPSA) is 70.6 Å². The SMILES string of the molecule is CCC(C)NC(=NC)NCCS(=O)(=O)CC.I. The second kappa shape index (κ2) is 9.93. The summed E-state index contributed by atoms with van der Waals surface area (Å²) in [6, 6.07) is 0.328. The van der Waals surface area contributed by atoms with Crippen LogP contribution in [-0.4, -0.2) is 45.5 Å². The van der Waals surface area contributed by atoms with Crippen molar-refractivity contribution >= 4 is 39.8 Å². The normalized spacial score (nSPS) is 13.8. The Morgan fingerprint density at radius 3 is 2.35 bits per heavy atom. The monoisotopic (exact) mass is 377 g/mol. The first kappa shape index (κ1) is 19.3. The molecule has 0 saturated heterocycles. The van der Waals surface area contributed by atoms with Crippen LogP contribution in [0.15, 0.2) is 4.99 Å². The molecule has 1 unspecified atom stereocenters. The highest BCUT2D eigenvalue weighted by molar-refractivity contribution is 14.0. The summed E-state index contributed by atoms with van der Waals surface area (Å²) >= 11 is 0. The van der Waals surface area contributed by atoms with Crippen LogP contribution in [0.2, 0.25) is 0 Å². The Bertz CT molecular complexity index is 318. The minimum atomic E-state index is -2.90. The maximum absolute atomic E-state index is 11.2. The Kier molecular flexibility index (Phi) is 11.3. The Balaban J connectivity index is 0. The third-order valence-corrected chi connectivity index (χ3v) is 4.07. The molecular weight excluding hydrogens is 353 g/mol. The molecule has 0 rings (SSSR count). The smallest absolute Gasteiger partial charge is 0.191 e. The molecule has 0 aliphatic heterocycles. The zero-order valence-corrected chi connectivity index (χ0v) is 14.1. The summed E-state index contributed by atoms with van der Waals surface area (Å²) in [7, 11) is -1.23. The van der Waals surface area contributed by atoms with Gasteiger partial charge in [0.1, 0.15) is 0 Å². The average Bonchev–Trinajstić information content (AvgIpc) is 2.27. The number of aliphatic imine (C=N–C) groups is 1. The van der Waals surface area contributed by atoms with Gasteiger partial charge in [0.15, 0.2) is 15.8 Å². The summed E-state index contributed by atoms with van der Waals surface area (Å²) in [6.45, 7) is 6.18. The standard InChI is InChI=1S/C10H23N3O2S.HI/c1-5-9(3)13-10(11-4)12-7-8-16(14,15)6-2;/h9H,5-8H2,1-4H3,(H2,11,12,13);1H. The third-order valence-electron chi connectivity index (χ3n) is 2.36. The van der Waals surface area contributed by atoms with Gasteiger partial charge in [-0.15, -0.1) is 24.0 Å². The van der Waals surface area contributed by atoms with Crippen LogP contribution in [0.4, 0.5) is 0 Å². The number of guanidine groups is 1. The lowest BCUT2D eigenvalue weighted by molar-refractivity contribution is 0.594. The van der Waals surface area contributed by atoms with Crippen LogP contribution in [0.3, 0.4) is 0 Å². The number of nitrogens with zero attached hydrogens (tertiary/aromatic N) is 1. The fourth-order valence-corrected chi connectivity index (χ4v) is 1.70. The number of hydrogen-bond acceptors (Lipinski definition) is 3. The highest BCUT2D eigenvalue weighted by Crippen LogP contribution is 1.89. The lowest BCUT2D eigenvalue weighted by Gasteiger charge is -2.16. The fourth-order valence-electron chi connectivity index (χ4n) is 0.999. The summed E-state index contributed by atoms with van der Waals surface area (Å²) in [6.07, 6.45) is 0.994. The first-order chi connectivity index (χ1) is 7.45. The van der Waals surface area contributed by atoms with Crippen molar-refractivity contribution < 1.29 is 8.42 Å². The molecule has 0 aromatic rings. The Labute approximate surface area is 122 Å². The lowest BCUT2D eigenvalue weighted by atomic mass is 10.3. The lowest BCUT2D eigenvalue weighted by Crippen LogP contribution is -2.43. The Morgan fingerprint density at radius 2 is 1.94 bits per heavy atom. The highest BCUT2D eigenvalue weighted by atomic mass is 127. The average molecular weight is 377 g/mol. The van der Waals surface area contributed by atoms with E-state index in [0.717, 1.165) is 6.42 Å². The highest BCUT2D eigenvalue weighted by Gasteiger charge is 2.08. The van der Waals surface area contributed by atoms with E-state index >= 15 is 0 Å². The molecule has 5 nitrogen and oxygen atoms in total. The van der Waals surface area contributed by atoms with E-state index in [2.05, 4.69) is 29.5 Å². The molecule has 0 radical (unpaired) electrons. The molecule has 0 aliphatic carbocycles. The molecule has 17 heavy (non-hydrogen) atoms. The summed E-state index contributed by atoms with van der Waals surface area (Å²) in [5.74, 6) is 0.984. The fraction of sp³-hybridized carbons (Fsp3) is 0.900. The van der Waals surface area contributed by atoms with Gasteiger partial charge in [0, 0.05) is 25.4 Å². The van der Waals surface area contributed by atoms with Crippen LogP contribution in [0.1, 0.15) is 27.2 Å². The maximum Gasteiger partial charge on any atom is 0.191 e. The predicted molar refractivity (Wildman–Crippen MR) is 84.0 cm³/mol. The molecule has 0 saturated carbocycles. The van der Waals surface area contributed by atoms with Gasteiger partial charge >= 0.3 is 0 Å². The molecular formula is C10H24IN3O2S. The zero-order chi connectivity index (χ0) is 12.6. The van der Waals surface area contributed by atoms with Gasteiger partial charge < -0.3 is 10.6 Å². The van der Waals surface area contributed by atoms with E-state index in [1.165, 1.54) is 0 Å². The molecule has 0 amide bonds. The number of nitrogens with one attached hydrogen (secondary N) is 2. The summed E-state index contributed by atoms with van der Waals surface area (Å²) < 4.78 is 22.5. The van der Waals surface area contributed by atoms with E-state index in [-0.39, 0.29) is 35.5 Å². The van der Waals surface area contributed by atoms with Crippen molar-refractivity contribution in [1.29, 1.82) is 0 Å². The van der Waals surface area contributed by atoms with Crippen LogP contribution in [0, 0.1) is 0 Å². The molecule has 0 aliphatic rings. The van der Waals surface area contributed by atoms with Crippen LogP contribution in [-0.2, 0) is 9.84 Å². The van der Waals surface area contributed by atoms with Gasteiger partial charge in [0.25, 0.3) is 0 Å². The molecule has 2 N–H and O–H groups in total. The number of rotatable bonds is 6. The third kappa shape index (κ3) is 9.63. The molecule has 0 aromatic carbocycles. The quantitative estimate of drug-likeness (QED) is 0.412. The van der Waals surface area contributed by atoms with Gasteiger partial charge in [0.05, 0.1) is 5.75 Å². The molecule has 0 heterocycles. The van der Waals surface area contributed by atoms with Crippen molar-refractivity contribution in [3.05, 3.63) is 0 Å². The van der Waals surface area contributed by atoms with Gasteiger partial charge in [-0.3, -0.25) is 4.99 Å². The van der Waals surface area contributed by atoms with Crippen LogP contribution < -0.4 is 10.6 Å². The van der Waals surface area contributed by atoms with Crippen LogP contribution in [0.5, 0.6) is 0 Å². The molecule has 104 valence electrons. The molecule has 0 spiro atoms. The molecule has 0 bridgehead atoms. The Hall–Kier alpha value is -0.0500. The minimum absolute atomic E-state index is 0. The van der Waals surface area contributed by atoms with Gasteiger partial charge in [0.2, 0.25) is 0 Å². The van der Waals surface area contributed by atoms with E-state index in [9.17, 15) is 8.42 Å². The first-order valence-corrected chi connectivity index (χ1v) is 7.44. The largest absolute Gasteiger partial charge is 0.355 e. The molecule has 1 atom stereocenters. The maximum atomic E-state index is 11.2. The predicted octanol–water partition coefficient (Wildman–Crippen LogP) is 1.00. The van der Waals surface area contributed by atoms with E-state index in [1.807, 2.05) is 0 Å².